The lowest BCUT2D eigenvalue weighted by Crippen LogP contribution is -2.41. The van der Waals surface area contributed by atoms with Crippen molar-refractivity contribution in [1.29, 1.82) is 0 Å². The summed E-state index contributed by atoms with van der Waals surface area (Å²) >= 11 is 0. The number of hydrogen-bond acceptors (Lipinski definition) is 7. The summed E-state index contributed by atoms with van der Waals surface area (Å²) < 4.78 is 20.7. The summed E-state index contributed by atoms with van der Waals surface area (Å²) in [5, 5.41) is 9.75. The lowest BCUT2D eigenvalue weighted by Gasteiger charge is -2.22. The molecule has 1 saturated heterocycles. The SMILES string of the molecule is CCCCOC[C@H]1OC(O)[C@H](OC(C)=O)[C@@H]1OC(C)=O. The van der Waals surface area contributed by atoms with Crippen molar-refractivity contribution in [3.05, 3.63) is 0 Å². The summed E-state index contributed by atoms with van der Waals surface area (Å²) in [6.07, 6.45) is -1.99. The second kappa shape index (κ2) is 8.18. The molecule has 1 aliphatic heterocycles. The van der Waals surface area contributed by atoms with Gasteiger partial charge in [0.25, 0.3) is 0 Å². The van der Waals surface area contributed by atoms with Crippen LogP contribution in [0.25, 0.3) is 0 Å². The van der Waals surface area contributed by atoms with Gasteiger partial charge >= 0.3 is 11.9 Å². The minimum absolute atomic E-state index is 0.159. The molecule has 0 bridgehead atoms. The van der Waals surface area contributed by atoms with E-state index in [2.05, 4.69) is 0 Å². The van der Waals surface area contributed by atoms with Crippen LogP contribution in [0.15, 0.2) is 0 Å². The maximum absolute atomic E-state index is 11.1. The van der Waals surface area contributed by atoms with Crippen molar-refractivity contribution in [2.45, 2.75) is 58.2 Å². The average Bonchev–Trinajstić information content (AvgIpc) is 2.62. The number of aliphatic hydroxyl groups excluding tert-OH is 1. The first-order valence-electron chi connectivity index (χ1n) is 6.71. The minimum atomic E-state index is -1.33. The van der Waals surface area contributed by atoms with E-state index in [-0.39, 0.29) is 6.61 Å². The number of carbonyl (C=O) groups excluding carboxylic acids is 2. The molecule has 7 nitrogen and oxygen atoms in total. The van der Waals surface area contributed by atoms with Crippen molar-refractivity contribution in [3.8, 4) is 0 Å². The first-order chi connectivity index (χ1) is 9.45. The summed E-state index contributed by atoms with van der Waals surface area (Å²) in [4.78, 5) is 22.1. The molecule has 116 valence electrons. The molecule has 0 amide bonds. The van der Waals surface area contributed by atoms with Gasteiger partial charge < -0.3 is 24.1 Å². The zero-order valence-electron chi connectivity index (χ0n) is 12.0. The van der Waals surface area contributed by atoms with E-state index < -0.39 is 36.5 Å². The third kappa shape index (κ3) is 5.07. The van der Waals surface area contributed by atoms with Crippen molar-refractivity contribution >= 4 is 11.9 Å². The summed E-state index contributed by atoms with van der Waals surface area (Å²) in [7, 11) is 0. The molecule has 1 N–H and O–H groups in total. The fourth-order valence-electron chi connectivity index (χ4n) is 1.94. The summed E-state index contributed by atoms with van der Waals surface area (Å²) in [6.45, 7) is 5.20. The topological polar surface area (TPSA) is 91.3 Å². The first kappa shape index (κ1) is 16.9. The molecule has 0 aromatic carbocycles. The van der Waals surface area contributed by atoms with Gasteiger partial charge in [-0.15, -0.1) is 0 Å². The molecular weight excluding hydrogens is 268 g/mol. The van der Waals surface area contributed by atoms with Crippen molar-refractivity contribution in [2.75, 3.05) is 13.2 Å². The number of ether oxygens (including phenoxy) is 4. The number of esters is 2. The third-order valence-electron chi connectivity index (χ3n) is 2.81. The van der Waals surface area contributed by atoms with Gasteiger partial charge in [-0.25, -0.2) is 0 Å². The Morgan fingerprint density at radius 2 is 1.75 bits per heavy atom. The maximum atomic E-state index is 11.1. The molecule has 1 rings (SSSR count). The van der Waals surface area contributed by atoms with Crippen LogP contribution in [0.3, 0.4) is 0 Å². The second-order valence-corrected chi connectivity index (χ2v) is 4.64. The number of unbranched alkanes of at least 4 members (excludes halogenated alkanes) is 1. The fourth-order valence-corrected chi connectivity index (χ4v) is 1.94. The van der Waals surface area contributed by atoms with Crippen molar-refractivity contribution in [2.24, 2.45) is 0 Å². The molecule has 0 saturated carbocycles. The number of hydrogen-bond donors (Lipinski definition) is 1. The van der Waals surface area contributed by atoms with Crippen LogP contribution in [0.1, 0.15) is 33.6 Å². The zero-order chi connectivity index (χ0) is 15.1. The Bertz CT molecular complexity index is 331. The molecule has 1 unspecified atom stereocenters. The Labute approximate surface area is 118 Å². The monoisotopic (exact) mass is 290 g/mol. The van der Waals surface area contributed by atoms with Gasteiger partial charge in [0, 0.05) is 20.5 Å². The van der Waals surface area contributed by atoms with Gasteiger partial charge in [-0.05, 0) is 6.42 Å². The van der Waals surface area contributed by atoms with E-state index in [0.717, 1.165) is 12.8 Å². The second-order valence-electron chi connectivity index (χ2n) is 4.64. The molecule has 0 spiro atoms. The lowest BCUT2D eigenvalue weighted by molar-refractivity contribution is -0.174. The predicted molar refractivity (Wildman–Crippen MR) is 67.7 cm³/mol. The molecule has 4 atom stereocenters. The van der Waals surface area contributed by atoms with E-state index in [1.165, 1.54) is 13.8 Å². The van der Waals surface area contributed by atoms with Crippen LogP contribution < -0.4 is 0 Å². The van der Waals surface area contributed by atoms with Crippen LogP contribution in [-0.4, -0.2) is 54.9 Å². The van der Waals surface area contributed by atoms with Crippen LogP contribution in [0.5, 0.6) is 0 Å². The Morgan fingerprint density at radius 3 is 2.30 bits per heavy atom. The van der Waals surface area contributed by atoms with Crippen LogP contribution in [0.4, 0.5) is 0 Å². The van der Waals surface area contributed by atoms with Gasteiger partial charge in [0.1, 0.15) is 6.10 Å². The van der Waals surface area contributed by atoms with Gasteiger partial charge in [0.2, 0.25) is 0 Å². The highest BCUT2D eigenvalue weighted by atomic mass is 16.7. The Hall–Kier alpha value is -1.18. The first-order valence-corrected chi connectivity index (χ1v) is 6.71. The quantitative estimate of drug-likeness (QED) is 0.535. The maximum Gasteiger partial charge on any atom is 0.303 e. The highest BCUT2D eigenvalue weighted by Gasteiger charge is 2.48. The normalized spacial score (nSPS) is 29.2. The largest absolute Gasteiger partial charge is 0.455 e. The van der Waals surface area contributed by atoms with Crippen LogP contribution in [-0.2, 0) is 28.5 Å². The molecular formula is C13H22O7. The molecule has 1 heterocycles. The van der Waals surface area contributed by atoms with Gasteiger partial charge in [-0.3, -0.25) is 9.59 Å². The zero-order valence-corrected chi connectivity index (χ0v) is 12.0. The van der Waals surface area contributed by atoms with E-state index in [4.69, 9.17) is 18.9 Å². The number of carbonyl (C=O) groups is 2. The smallest absolute Gasteiger partial charge is 0.303 e. The average molecular weight is 290 g/mol. The molecule has 0 radical (unpaired) electrons. The minimum Gasteiger partial charge on any atom is -0.455 e. The highest BCUT2D eigenvalue weighted by molar-refractivity contribution is 5.67. The van der Waals surface area contributed by atoms with E-state index in [9.17, 15) is 14.7 Å². The van der Waals surface area contributed by atoms with Crippen LogP contribution in [0.2, 0.25) is 0 Å². The molecule has 1 aliphatic rings. The van der Waals surface area contributed by atoms with Gasteiger partial charge in [0.15, 0.2) is 18.5 Å². The number of aliphatic hydroxyl groups is 1. The van der Waals surface area contributed by atoms with Crippen molar-refractivity contribution in [3.63, 3.8) is 0 Å². The molecule has 0 aliphatic carbocycles. The van der Waals surface area contributed by atoms with Crippen molar-refractivity contribution in [1.82, 2.24) is 0 Å². The van der Waals surface area contributed by atoms with E-state index in [0.29, 0.717) is 6.61 Å². The van der Waals surface area contributed by atoms with E-state index in [1.54, 1.807) is 0 Å². The van der Waals surface area contributed by atoms with Gasteiger partial charge in [-0.2, -0.15) is 0 Å². The summed E-state index contributed by atoms with van der Waals surface area (Å²) in [5.41, 5.74) is 0. The van der Waals surface area contributed by atoms with Crippen LogP contribution in [0, 0.1) is 0 Å². The Balaban J connectivity index is 2.62. The summed E-state index contributed by atoms with van der Waals surface area (Å²) in [6, 6.07) is 0. The molecule has 0 aromatic rings. The fraction of sp³-hybridized carbons (Fsp3) is 0.846. The molecule has 20 heavy (non-hydrogen) atoms. The predicted octanol–water partition coefficient (Wildman–Crippen LogP) is 0.384. The van der Waals surface area contributed by atoms with E-state index >= 15 is 0 Å². The van der Waals surface area contributed by atoms with Gasteiger partial charge in [0.05, 0.1) is 6.61 Å². The molecule has 1 fully saturated rings. The number of rotatable bonds is 7. The Morgan fingerprint density at radius 1 is 1.15 bits per heavy atom. The Kier molecular flexibility index (Phi) is 6.90. The lowest BCUT2D eigenvalue weighted by atomic mass is 10.1. The highest BCUT2D eigenvalue weighted by Crippen LogP contribution is 2.26. The molecule has 0 aromatic heterocycles. The molecule has 7 heteroatoms. The van der Waals surface area contributed by atoms with Crippen molar-refractivity contribution < 1.29 is 33.6 Å². The standard InChI is InChI=1S/C13H22O7/c1-4-5-6-17-7-10-11(18-8(2)14)12(13(16)20-10)19-9(3)15/h10-13,16H,4-7H2,1-3H3/t10-,11-,12-,13?/m1/s1. The van der Waals surface area contributed by atoms with E-state index in [1.807, 2.05) is 6.92 Å². The summed E-state index contributed by atoms with van der Waals surface area (Å²) in [5.74, 6) is -1.12. The van der Waals surface area contributed by atoms with Gasteiger partial charge in [-0.1, -0.05) is 13.3 Å². The van der Waals surface area contributed by atoms with Crippen LogP contribution >= 0.6 is 0 Å². The third-order valence-corrected chi connectivity index (χ3v) is 2.81.